The third-order valence-electron chi connectivity index (χ3n) is 8.05. The minimum atomic E-state index is -4.63. The highest BCUT2D eigenvalue weighted by Crippen LogP contribution is 2.38. The second-order valence-electron chi connectivity index (χ2n) is 14.3. The van der Waals surface area contributed by atoms with Crippen molar-refractivity contribution >= 4 is 19.8 Å². The van der Waals surface area contributed by atoms with E-state index >= 15 is 0 Å². The van der Waals surface area contributed by atoms with Crippen LogP contribution in [0.2, 0.25) is 0 Å². The van der Waals surface area contributed by atoms with Gasteiger partial charge in [-0.15, -0.1) is 0 Å². The third kappa shape index (κ3) is 37.5. The summed E-state index contributed by atoms with van der Waals surface area (Å²) in [7, 11) is 1.12. The summed E-state index contributed by atoms with van der Waals surface area (Å²) in [4.78, 5) is 37.3. The molecule has 10 heteroatoms. The maximum absolute atomic E-state index is 12.6. The number of likely N-dealkylation sites (N-methyl/N-ethyl adjacent to an activating group) is 1. The maximum atomic E-state index is 12.6. The number of phosphoric acid groups is 1. The van der Waals surface area contributed by atoms with Crippen LogP contribution in [0.25, 0.3) is 0 Å². The number of hydrogen-bond acceptors (Lipinski definition) is 8. The number of unbranched alkanes of at least 4 members (excludes halogenated alkanes) is 11. The summed E-state index contributed by atoms with van der Waals surface area (Å²) in [5.41, 5.74) is 0. The fraction of sp³-hybridized carbons (Fsp3) is 0.714. The molecule has 0 N–H and O–H groups in total. The van der Waals surface area contributed by atoms with Crippen molar-refractivity contribution < 1.29 is 42.1 Å². The Hall–Kier alpha value is -2.29. The predicted molar refractivity (Wildman–Crippen MR) is 213 cm³/mol. The van der Waals surface area contributed by atoms with Crippen molar-refractivity contribution in [1.29, 1.82) is 0 Å². The Balaban J connectivity index is 4.49. The molecule has 0 fully saturated rings. The zero-order chi connectivity index (χ0) is 38.6. The predicted octanol–water partition coefficient (Wildman–Crippen LogP) is 10.3. The molecule has 0 saturated heterocycles. The molecule has 9 nitrogen and oxygen atoms in total. The van der Waals surface area contributed by atoms with Gasteiger partial charge in [0.05, 0.1) is 27.7 Å². The number of carbonyl (C=O) groups excluding carboxylic acids is 2. The lowest BCUT2D eigenvalue weighted by molar-refractivity contribution is -0.870. The van der Waals surface area contributed by atoms with Crippen molar-refractivity contribution in [2.75, 3.05) is 47.5 Å². The topological polar surface area (TPSA) is 111 Å². The summed E-state index contributed by atoms with van der Waals surface area (Å²) < 4.78 is 33.6. The zero-order valence-corrected chi connectivity index (χ0v) is 34.4. The van der Waals surface area contributed by atoms with Crippen LogP contribution in [0.5, 0.6) is 0 Å². The first-order chi connectivity index (χ1) is 25.0. The fourth-order valence-corrected chi connectivity index (χ4v) is 5.60. The van der Waals surface area contributed by atoms with Crippen molar-refractivity contribution in [1.82, 2.24) is 0 Å². The van der Waals surface area contributed by atoms with E-state index in [0.29, 0.717) is 23.9 Å². The minimum absolute atomic E-state index is 0.0434. The van der Waals surface area contributed by atoms with Crippen molar-refractivity contribution in [3.05, 3.63) is 60.8 Å². The highest BCUT2D eigenvalue weighted by molar-refractivity contribution is 7.45. The summed E-state index contributed by atoms with van der Waals surface area (Å²) in [5, 5.41) is 0. The Morgan fingerprint density at radius 2 is 1.08 bits per heavy atom. The van der Waals surface area contributed by atoms with Crippen LogP contribution >= 0.6 is 7.82 Å². The van der Waals surface area contributed by atoms with E-state index in [2.05, 4.69) is 62.5 Å². The van der Waals surface area contributed by atoms with Crippen LogP contribution in [0.3, 0.4) is 0 Å². The molecule has 0 aromatic carbocycles. The van der Waals surface area contributed by atoms with Gasteiger partial charge in [-0.3, -0.25) is 14.2 Å². The Labute approximate surface area is 317 Å². The van der Waals surface area contributed by atoms with E-state index in [9.17, 15) is 19.0 Å². The molecule has 300 valence electrons. The molecule has 52 heavy (non-hydrogen) atoms. The van der Waals surface area contributed by atoms with Crippen LogP contribution in [0.1, 0.15) is 142 Å². The number of phosphoric ester groups is 1. The summed E-state index contributed by atoms with van der Waals surface area (Å²) in [6.45, 7) is 4.06. The lowest BCUT2D eigenvalue weighted by Gasteiger charge is -2.28. The van der Waals surface area contributed by atoms with Crippen LogP contribution < -0.4 is 4.89 Å². The SMILES string of the molecule is CCCCC/C=C/C/C=C/C/C=C/C/C=C/C/C=C/CCC(=O)OC[C@@H](COP(=O)([O-])OCC[N+](C)(C)C)OC(=O)CCCCCCCCCCC. The summed E-state index contributed by atoms with van der Waals surface area (Å²) >= 11 is 0. The number of hydrogen-bond donors (Lipinski definition) is 0. The number of allylic oxidation sites excluding steroid dienone is 10. The number of carbonyl (C=O) groups is 2. The van der Waals surface area contributed by atoms with Gasteiger partial charge in [-0.25, -0.2) is 0 Å². The van der Waals surface area contributed by atoms with Crippen molar-refractivity contribution in [3.8, 4) is 0 Å². The Morgan fingerprint density at radius 1 is 0.596 bits per heavy atom. The van der Waals surface area contributed by atoms with Gasteiger partial charge in [-0.2, -0.15) is 0 Å². The van der Waals surface area contributed by atoms with E-state index in [0.717, 1.165) is 44.9 Å². The molecule has 1 unspecified atom stereocenters. The van der Waals surface area contributed by atoms with Crippen LogP contribution in [0.4, 0.5) is 0 Å². The lowest BCUT2D eigenvalue weighted by Crippen LogP contribution is -2.37. The molecule has 0 bridgehead atoms. The molecule has 0 spiro atoms. The van der Waals surface area contributed by atoms with Gasteiger partial charge in [0.15, 0.2) is 6.10 Å². The molecule has 0 amide bonds. The molecule has 0 aromatic rings. The fourth-order valence-electron chi connectivity index (χ4n) is 4.87. The number of nitrogens with zero attached hydrogens (tertiary/aromatic N) is 1. The van der Waals surface area contributed by atoms with Crippen LogP contribution in [0, 0.1) is 0 Å². The van der Waals surface area contributed by atoms with E-state index in [1.165, 1.54) is 57.8 Å². The standard InChI is InChI=1S/C42H74NO8P/c1-6-8-10-12-14-16-17-18-19-20-21-22-23-24-25-27-28-30-32-34-41(44)48-38-40(39-50-52(46,47)49-37-36-43(3,4)5)51-42(45)35-33-31-29-26-15-13-11-9-7-2/h14,16,18-19,21-22,24-25,28,30,40H,6-13,15,17,20,23,26-27,29,31-39H2,1-5H3/b16-14+,19-18+,22-21+,25-24+,30-28+/t40-/m0/s1. The van der Waals surface area contributed by atoms with Gasteiger partial charge in [0, 0.05) is 12.8 Å². The smallest absolute Gasteiger partial charge is 0.306 e. The average Bonchev–Trinajstić information content (AvgIpc) is 3.09. The molecular weight excluding hydrogens is 677 g/mol. The highest BCUT2D eigenvalue weighted by Gasteiger charge is 2.21. The molecular formula is C42H74NO8P. The van der Waals surface area contributed by atoms with Gasteiger partial charge in [0.25, 0.3) is 7.82 Å². The lowest BCUT2D eigenvalue weighted by atomic mass is 10.1. The van der Waals surface area contributed by atoms with E-state index in [4.69, 9.17) is 18.5 Å². The zero-order valence-electron chi connectivity index (χ0n) is 33.5. The van der Waals surface area contributed by atoms with E-state index in [1.54, 1.807) is 0 Å². The molecule has 0 aromatic heterocycles. The molecule has 0 aliphatic carbocycles. The number of quaternary nitrogens is 1. The van der Waals surface area contributed by atoms with Crippen molar-refractivity contribution in [2.24, 2.45) is 0 Å². The van der Waals surface area contributed by atoms with Crippen molar-refractivity contribution in [3.63, 3.8) is 0 Å². The third-order valence-corrected chi connectivity index (χ3v) is 9.02. The van der Waals surface area contributed by atoms with Gasteiger partial charge >= 0.3 is 11.9 Å². The molecule has 0 radical (unpaired) electrons. The van der Waals surface area contributed by atoms with Crippen molar-refractivity contribution in [2.45, 2.75) is 148 Å². The monoisotopic (exact) mass is 752 g/mol. The normalized spacial score (nSPS) is 14.3. The van der Waals surface area contributed by atoms with Crippen LogP contribution in [-0.4, -0.2) is 70.0 Å². The number of rotatable bonds is 35. The van der Waals surface area contributed by atoms with E-state index in [1.807, 2.05) is 33.3 Å². The first-order valence-electron chi connectivity index (χ1n) is 20.0. The quantitative estimate of drug-likeness (QED) is 0.0207. The Kier molecular flexibility index (Phi) is 33.0. The van der Waals surface area contributed by atoms with Gasteiger partial charge < -0.3 is 27.9 Å². The molecule has 0 aliphatic heterocycles. The van der Waals surface area contributed by atoms with Gasteiger partial charge in [0.2, 0.25) is 0 Å². The summed E-state index contributed by atoms with van der Waals surface area (Å²) in [6.07, 6.45) is 39.9. The summed E-state index contributed by atoms with van der Waals surface area (Å²) in [5.74, 6) is -0.939. The molecule has 0 heterocycles. The largest absolute Gasteiger partial charge is 0.756 e. The highest BCUT2D eigenvalue weighted by atomic mass is 31.2. The van der Waals surface area contributed by atoms with Crippen LogP contribution in [0.15, 0.2) is 60.8 Å². The number of ether oxygens (including phenoxy) is 2. The molecule has 0 aliphatic rings. The number of esters is 2. The Morgan fingerprint density at radius 3 is 1.62 bits per heavy atom. The van der Waals surface area contributed by atoms with Crippen LogP contribution in [-0.2, 0) is 32.7 Å². The van der Waals surface area contributed by atoms with Gasteiger partial charge in [-0.05, 0) is 51.4 Å². The first kappa shape index (κ1) is 49.7. The van der Waals surface area contributed by atoms with Gasteiger partial charge in [-0.1, -0.05) is 139 Å². The molecule has 0 saturated carbocycles. The maximum Gasteiger partial charge on any atom is 0.306 e. The summed E-state index contributed by atoms with van der Waals surface area (Å²) in [6, 6.07) is 0. The second-order valence-corrected chi connectivity index (χ2v) is 15.7. The minimum Gasteiger partial charge on any atom is -0.756 e. The average molecular weight is 752 g/mol. The second kappa shape index (κ2) is 34.5. The van der Waals surface area contributed by atoms with E-state index < -0.39 is 32.5 Å². The van der Waals surface area contributed by atoms with E-state index in [-0.39, 0.29) is 26.1 Å². The van der Waals surface area contributed by atoms with Gasteiger partial charge in [0.1, 0.15) is 19.8 Å². The first-order valence-corrected chi connectivity index (χ1v) is 21.5. The Bertz CT molecular complexity index is 1080. The molecule has 0 rings (SSSR count). The molecule has 2 atom stereocenters.